The number of amidine groups is 2. The summed E-state index contributed by atoms with van der Waals surface area (Å²) in [6, 6.07) is 13.1. The topological polar surface area (TPSA) is 91.1 Å². The lowest BCUT2D eigenvalue weighted by Crippen LogP contribution is -2.23. The molecule has 1 aromatic carbocycles. The first-order chi connectivity index (χ1) is 20.8. The van der Waals surface area contributed by atoms with Crippen molar-refractivity contribution < 1.29 is 9.59 Å². The summed E-state index contributed by atoms with van der Waals surface area (Å²) < 4.78 is 0. The van der Waals surface area contributed by atoms with E-state index < -0.39 is 0 Å². The Bertz CT molecular complexity index is 1570. The number of carbonyl (C=O) groups is 2. The van der Waals surface area contributed by atoms with Gasteiger partial charge in [0.2, 0.25) is 0 Å². The maximum absolute atomic E-state index is 12.2. The van der Waals surface area contributed by atoms with E-state index in [0.29, 0.717) is 17.7 Å². The largest absolute Gasteiger partial charge is 0.321 e. The van der Waals surface area contributed by atoms with Crippen molar-refractivity contribution >= 4 is 51.1 Å². The standard InChI is InChI=1S/C19H19N3OS.C14H15N3OS/c1-13-6-4-8-17(15(13)3)22-14(2)12-24-19(22)21-11-18(23)16-7-5-9-20-10-16;1-3-8-17-11(2)10-19-14(17)16-9-13(18)12-4-6-15-7-5-12/h4-10H,2,11-12H2,1,3H3;3-7H,1-2,8-10H2. The van der Waals surface area contributed by atoms with Gasteiger partial charge in [0.05, 0.1) is 5.69 Å². The van der Waals surface area contributed by atoms with E-state index in [-0.39, 0.29) is 24.7 Å². The highest BCUT2D eigenvalue weighted by Gasteiger charge is 2.26. The molecule has 0 saturated carbocycles. The quantitative estimate of drug-likeness (QED) is 0.204. The smallest absolute Gasteiger partial charge is 0.185 e. The number of pyridine rings is 2. The molecule has 0 amide bonds. The Labute approximate surface area is 261 Å². The minimum Gasteiger partial charge on any atom is -0.321 e. The number of thioether (sulfide) groups is 2. The predicted molar refractivity (Wildman–Crippen MR) is 180 cm³/mol. The van der Waals surface area contributed by atoms with Crippen LogP contribution < -0.4 is 4.90 Å². The lowest BCUT2D eigenvalue weighted by Gasteiger charge is -2.22. The predicted octanol–water partition coefficient (Wildman–Crippen LogP) is 6.37. The highest BCUT2D eigenvalue weighted by Crippen LogP contribution is 2.34. The maximum atomic E-state index is 12.2. The molecule has 5 rings (SSSR count). The molecule has 0 radical (unpaired) electrons. The molecule has 10 heteroatoms. The Morgan fingerprint density at radius 3 is 2.23 bits per heavy atom. The van der Waals surface area contributed by atoms with E-state index >= 15 is 0 Å². The fourth-order valence-corrected chi connectivity index (χ4v) is 6.12. The molecular formula is C33H34N6O2S2. The fourth-order valence-electron chi connectivity index (χ4n) is 4.21. The summed E-state index contributed by atoms with van der Waals surface area (Å²) in [6.45, 7) is 17.0. The van der Waals surface area contributed by atoms with Crippen LogP contribution in [0.1, 0.15) is 31.8 Å². The minimum atomic E-state index is -0.0328. The summed E-state index contributed by atoms with van der Waals surface area (Å²) in [5.41, 5.74) is 6.72. The maximum Gasteiger partial charge on any atom is 0.185 e. The third kappa shape index (κ3) is 8.18. The minimum absolute atomic E-state index is 0.00781. The third-order valence-corrected chi connectivity index (χ3v) is 8.82. The Hall–Kier alpha value is -4.28. The van der Waals surface area contributed by atoms with E-state index in [1.165, 1.54) is 11.1 Å². The summed E-state index contributed by atoms with van der Waals surface area (Å²) in [6.07, 6.45) is 8.25. The van der Waals surface area contributed by atoms with Gasteiger partial charge in [-0.1, -0.05) is 54.9 Å². The Balaban J connectivity index is 0.000000203. The highest BCUT2D eigenvalue weighted by atomic mass is 32.2. The van der Waals surface area contributed by atoms with Crippen LogP contribution in [0.5, 0.6) is 0 Å². The van der Waals surface area contributed by atoms with Gasteiger partial charge < -0.3 is 4.90 Å². The third-order valence-electron chi connectivity index (χ3n) is 6.69. The van der Waals surface area contributed by atoms with Crippen molar-refractivity contribution in [3.05, 3.63) is 127 Å². The van der Waals surface area contributed by atoms with Gasteiger partial charge in [0.1, 0.15) is 13.1 Å². The van der Waals surface area contributed by atoms with Gasteiger partial charge in [0.25, 0.3) is 0 Å². The average Bonchev–Trinajstić information content (AvgIpc) is 3.58. The second-order valence-corrected chi connectivity index (χ2v) is 11.6. The molecular weight excluding hydrogens is 577 g/mol. The van der Waals surface area contributed by atoms with Crippen LogP contribution in [0.4, 0.5) is 5.69 Å². The van der Waals surface area contributed by atoms with Crippen molar-refractivity contribution in [3.8, 4) is 0 Å². The van der Waals surface area contributed by atoms with Gasteiger partial charge >= 0.3 is 0 Å². The normalized spacial score (nSPS) is 16.4. The summed E-state index contributed by atoms with van der Waals surface area (Å²) in [5, 5.41) is 1.67. The van der Waals surface area contributed by atoms with Crippen LogP contribution in [0, 0.1) is 13.8 Å². The molecule has 2 aromatic heterocycles. The summed E-state index contributed by atoms with van der Waals surface area (Å²) >= 11 is 3.21. The number of hydrogen-bond donors (Lipinski definition) is 0. The molecule has 43 heavy (non-hydrogen) atoms. The zero-order chi connectivity index (χ0) is 30.8. The van der Waals surface area contributed by atoms with E-state index in [1.54, 1.807) is 78.7 Å². The molecule has 2 fully saturated rings. The number of Topliss-reactive ketones (excluding diaryl/α,β-unsaturated/α-hetero) is 2. The average molecular weight is 611 g/mol. The first-order valence-corrected chi connectivity index (χ1v) is 15.6. The summed E-state index contributed by atoms with van der Waals surface area (Å²) in [4.78, 5) is 45.0. The number of benzene rings is 1. The molecule has 2 aliphatic heterocycles. The Morgan fingerprint density at radius 1 is 0.860 bits per heavy atom. The van der Waals surface area contributed by atoms with E-state index in [9.17, 15) is 9.59 Å². The Morgan fingerprint density at radius 2 is 1.53 bits per heavy atom. The fraction of sp³-hybridized carbons (Fsp3) is 0.212. The van der Waals surface area contributed by atoms with Crippen molar-refractivity contribution in [3.63, 3.8) is 0 Å². The van der Waals surface area contributed by atoms with Gasteiger partial charge in [-0.25, -0.2) is 0 Å². The van der Waals surface area contributed by atoms with E-state index in [0.717, 1.165) is 38.9 Å². The highest BCUT2D eigenvalue weighted by molar-refractivity contribution is 8.15. The molecule has 8 nitrogen and oxygen atoms in total. The van der Waals surface area contributed by atoms with E-state index in [1.807, 2.05) is 11.0 Å². The van der Waals surface area contributed by atoms with Crippen molar-refractivity contribution in [2.24, 2.45) is 9.98 Å². The van der Waals surface area contributed by atoms with E-state index in [4.69, 9.17) is 0 Å². The van der Waals surface area contributed by atoms with Crippen molar-refractivity contribution in [1.29, 1.82) is 0 Å². The number of anilines is 1. The number of rotatable bonds is 9. The summed E-state index contributed by atoms with van der Waals surface area (Å²) in [5.74, 6) is 1.56. The first kappa shape index (κ1) is 31.7. The molecule has 0 spiro atoms. The molecule has 2 saturated heterocycles. The summed E-state index contributed by atoms with van der Waals surface area (Å²) in [7, 11) is 0. The molecule has 220 valence electrons. The van der Waals surface area contributed by atoms with Crippen molar-refractivity contribution in [2.45, 2.75) is 13.8 Å². The molecule has 3 aromatic rings. The van der Waals surface area contributed by atoms with Crippen LogP contribution in [0.25, 0.3) is 0 Å². The van der Waals surface area contributed by atoms with Crippen molar-refractivity contribution in [1.82, 2.24) is 14.9 Å². The SMILES string of the molecule is C=C1CSC(=NCC(=O)c2cccnc2)N1c1cccc(C)c1C.C=CCN1C(=C)CSC1=NCC(=O)c1ccncc1. The second kappa shape index (κ2) is 15.3. The van der Waals surface area contributed by atoms with Crippen molar-refractivity contribution in [2.75, 3.05) is 36.0 Å². The van der Waals surface area contributed by atoms with Gasteiger partial charge in [-0.15, -0.1) is 6.58 Å². The molecule has 2 aliphatic rings. The van der Waals surface area contributed by atoms with Crippen LogP contribution >= 0.6 is 23.5 Å². The number of nitrogens with zero attached hydrogens (tertiary/aromatic N) is 6. The van der Waals surface area contributed by atoms with E-state index in [2.05, 4.69) is 70.6 Å². The van der Waals surface area contributed by atoms with Crippen LogP contribution in [0.15, 0.2) is 114 Å². The lowest BCUT2D eigenvalue weighted by atomic mass is 10.1. The lowest BCUT2D eigenvalue weighted by molar-refractivity contribution is 0.0994. The molecule has 0 bridgehead atoms. The zero-order valence-electron chi connectivity index (χ0n) is 24.4. The number of aliphatic imine (C=N–C) groups is 2. The van der Waals surface area contributed by atoms with Crippen LogP contribution in [0.3, 0.4) is 0 Å². The number of hydrogen-bond acceptors (Lipinski definition) is 8. The number of carbonyl (C=O) groups excluding carboxylic acids is 2. The van der Waals surface area contributed by atoms with Gasteiger partial charge in [-0.3, -0.25) is 34.4 Å². The van der Waals surface area contributed by atoms with Crippen LogP contribution in [-0.4, -0.2) is 67.9 Å². The van der Waals surface area contributed by atoms with Crippen LogP contribution in [0.2, 0.25) is 0 Å². The zero-order valence-corrected chi connectivity index (χ0v) is 26.0. The van der Waals surface area contributed by atoms with Gasteiger partial charge in [-0.05, 0) is 55.3 Å². The molecule has 4 heterocycles. The number of ketones is 2. The number of aromatic nitrogens is 2. The van der Waals surface area contributed by atoms with Crippen LogP contribution in [-0.2, 0) is 0 Å². The first-order valence-electron chi connectivity index (χ1n) is 13.6. The second-order valence-electron chi connectivity index (χ2n) is 9.69. The number of aryl methyl sites for hydroxylation is 1. The molecule has 0 unspecified atom stereocenters. The van der Waals surface area contributed by atoms with Gasteiger partial charge in [-0.2, -0.15) is 0 Å². The molecule has 0 aliphatic carbocycles. The molecule has 0 atom stereocenters. The Kier molecular flexibility index (Phi) is 11.2. The van der Waals surface area contributed by atoms with Gasteiger partial charge in [0, 0.05) is 65.4 Å². The van der Waals surface area contributed by atoms with Gasteiger partial charge in [0.15, 0.2) is 21.9 Å². The monoisotopic (exact) mass is 610 g/mol. The molecule has 0 N–H and O–H groups in total.